The Kier molecular flexibility index (Phi) is 5.79. The number of hydrogen-bond acceptors (Lipinski definition) is 3. The molecule has 1 aliphatic heterocycles. The maximum absolute atomic E-state index is 12.3. The molecule has 8 heteroatoms. The Morgan fingerprint density at radius 2 is 2.26 bits per heavy atom. The number of nitrogens with zero attached hydrogens (tertiary/aromatic N) is 1. The molecule has 23 heavy (non-hydrogen) atoms. The average Bonchev–Trinajstić information content (AvgIpc) is 2.52. The molecule has 0 saturated carbocycles. The third kappa shape index (κ3) is 4.33. The smallest absolute Gasteiger partial charge is 0.243 e. The number of anilines is 1. The molecule has 2 rings (SSSR count). The molecule has 124 valence electrons. The van der Waals surface area contributed by atoms with Crippen LogP contribution in [-0.2, 0) is 9.59 Å². The number of benzene rings is 1. The van der Waals surface area contributed by atoms with E-state index < -0.39 is 6.04 Å². The second kappa shape index (κ2) is 7.61. The number of rotatable bonds is 3. The maximum Gasteiger partial charge on any atom is 0.243 e. The molecule has 1 aliphatic rings. The molecule has 0 aliphatic carbocycles. The summed E-state index contributed by atoms with van der Waals surface area (Å²) in [4.78, 5) is 26.1. The molecule has 0 radical (unpaired) electrons. The lowest BCUT2D eigenvalue weighted by Crippen LogP contribution is -2.59. The molecule has 6 nitrogen and oxygen atoms in total. The summed E-state index contributed by atoms with van der Waals surface area (Å²) in [6, 6.07) is 4.65. The van der Waals surface area contributed by atoms with E-state index in [4.69, 9.17) is 23.8 Å². The highest BCUT2D eigenvalue weighted by atomic mass is 35.5. The van der Waals surface area contributed by atoms with Gasteiger partial charge in [-0.05, 0) is 36.8 Å². The van der Waals surface area contributed by atoms with Crippen molar-refractivity contribution >= 4 is 46.4 Å². The van der Waals surface area contributed by atoms with E-state index in [1.165, 1.54) is 0 Å². The van der Waals surface area contributed by atoms with Crippen LogP contribution in [0.1, 0.15) is 12.0 Å². The Balaban J connectivity index is 2.09. The van der Waals surface area contributed by atoms with Gasteiger partial charge < -0.3 is 20.9 Å². The first-order valence-electron chi connectivity index (χ1n) is 7.24. The van der Waals surface area contributed by atoms with E-state index in [-0.39, 0.29) is 18.2 Å². The van der Waals surface area contributed by atoms with Gasteiger partial charge in [-0.3, -0.25) is 9.59 Å². The van der Waals surface area contributed by atoms with E-state index in [1.54, 1.807) is 24.1 Å². The fourth-order valence-electron chi connectivity index (χ4n) is 2.41. The van der Waals surface area contributed by atoms with Crippen LogP contribution in [0.5, 0.6) is 0 Å². The molecule has 1 aromatic rings. The second-order valence-corrected chi connectivity index (χ2v) is 6.09. The number of piperazine rings is 1. The van der Waals surface area contributed by atoms with E-state index in [0.717, 1.165) is 5.56 Å². The van der Waals surface area contributed by atoms with Crippen LogP contribution in [0.15, 0.2) is 18.2 Å². The van der Waals surface area contributed by atoms with Gasteiger partial charge in [0, 0.05) is 30.8 Å². The van der Waals surface area contributed by atoms with E-state index in [1.807, 2.05) is 13.0 Å². The standard InChI is InChI=1S/C15H19ClN4O2S/c1-9-3-4-10(16)7-11(9)19-13(21)8-12-14(22)18-5-6-20(12)15(23)17-2/h3-4,7,12H,5-6,8H2,1-2H3,(H,17,23)(H,18,22)(H,19,21)/t12-/m0/s1. The van der Waals surface area contributed by atoms with Gasteiger partial charge >= 0.3 is 0 Å². The van der Waals surface area contributed by atoms with E-state index in [0.29, 0.717) is 28.9 Å². The number of carbonyl (C=O) groups excluding carboxylic acids is 2. The van der Waals surface area contributed by atoms with Gasteiger partial charge in [0.05, 0.1) is 6.42 Å². The van der Waals surface area contributed by atoms with Crippen molar-refractivity contribution in [3.63, 3.8) is 0 Å². The highest BCUT2D eigenvalue weighted by Crippen LogP contribution is 2.21. The molecular weight excluding hydrogens is 336 g/mol. The molecular formula is C15H19ClN4O2S. The Labute approximate surface area is 145 Å². The third-order valence-corrected chi connectivity index (χ3v) is 4.33. The minimum atomic E-state index is -0.622. The summed E-state index contributed by atoms with van der Waals surface area (Å²) in [6.45, 7) is 2.95. The van der Waals surface area contributed by atoms with Gasteiger partial charge in [0.1, 0.15) is 6.04 Å². The van der Waals surface area contributed by atoms with Crippen molar-refractivity contribution in [1.29, 1.82) is 0 Å². The van der Waals surface area contributed by atoms with Crippen LogP contribution >= 0.6 is 23.8 Å². The topological polar surface area (TPSA) is 73.5 Å². The number of thiocarbonyl (C=S) groups is 1. The molecule has 0 aromatic heterocycles. The van der Waals surface area contributed by atoms with Gasteiger partial charge in [0.25, 0.3) is 0 Å². The second-order valence-electron chi connectivity index (χ2n) is 5.27. The minimum Gasteiger partial charge on any atom is -0.366 e. The van der Waals surface area contributed by atoms with Crippen molar-refractivity contribution in [1.82, 2.24) is 15.5 Å². The number of halogens is 1. The van der Waals surface area contributed by atoms with E-state index in [9.17, 15) is 9.59 Å². The maximum atomic E-state index is 12.3. The van der Waals surface area contributed by atoms with Crippen molar-refractivity contribution in [2.24, 2.45) is 0 Å². The zero-order valence-corrected chi connectivity index (χ0v) is 14.6. The predicted octanol–water partition coefficient (Wildman–Crippen LogP) is 1.28. The quantitative estimate of drug-likeness (QED) is 0.713. The van der Waals surface area contributed by atoms with Crippen molar-refractivity contribution in [2.75, 3.05) is 25.5 Å². The lowest BCUT2D eigenvalue weighted by Gasteiger charge is -2.36. The summed E-state index contributed by atoms with van der Waals surface area (Å²) < 4.78 is 0. The summed E-state index contributed by atoms with van der Waals surface area (Å²) >= 11 is 11.2. The SMILES string of the molecule is CNC(=S)N1CCNC(=O)[C@@H]1CC(=O)Nc1cc(Cl)ccc1C. The van der Waals surface area contributed by atoms with Crippen molar-refractivity contribution < 1.29 is 9.59 Å². The fraction of sp³-hybridized carbons (Fsp3) is 0.400. The highest BCUT2D eigenvalue weighted by molar-refractivity contribution is 7.80. The molecule has 0 spiro atoms. The van der Waals surface area contributed by atoms with Crippen molar-refractivity contribution in [3.8, 4) is 0 Å². The molecule has 2 amide bonds. The monoisotopic (exact) mass is 354 g/mol. The Morgan fingerprint density at radius 1 is 1.52 bits per heavy atom. The first-order chi connectivity index (χ1) is 10.9. The number of hydrogen-bond donors (Lipinski definition) is 3. The molecule has 1 fully saturated rings. The van der Waals surface area contributed by atoms with Crippen LogP contribution in [0.3, 0.4) is 0 Å². The lowest BCUT2D eigenvalue weighted by molar-refractivity contribution is -0.130. The lowest BCUT2D eigenvalue weighted by atomic mass is 10.1. The van der Waals surface area contributed by atoms with Crippen LogP contribution in [0.2, 0.25) is 5.02 Å². The van der Waals surface area contributed by atoms with Crippen LogP contribution < -0.4 is 16.0 Å². The Morgan fingerprint density at radius 3 is 2.96 bits per heavy atom. The average molecular weight is 355 g/mol. The Bertz CT molecular complexity index is 638. The summed E-state index contributed by atoms with van der Waals surface area (Å²) in [6.07, 6.45) is 0.0135. The molecule has 1 aromatic carbocycles. The summed E-state index contributed by atoms with van der Waals surface area (Å²) in [7, 11) is 1.70. The summed E-state index contributed by atoms with van der Waals surface area (Å²) in [5, 5.41) is 9.41. The Hall–Kier alpha value is -1.86. The third-order valence-electron chi connectivity index (χ3n) is 3.66. The van der Waals surface area contributed by atoms with Gasteiger partial charge in [-0.1, -0.05) is 17.7 Å². The molecule has 1 saturated heterocycles. The van der Waals surface area contributed by atoms with Crippen molar-refractivity contribution in [3.05, 3.63) is 28.8 Å². The van der Waals surface area contributed by atoms with Crippen LogP contribution in [0.25, 0.3) is 0 Å². The van der Waals surface area contributed by atoms with Crippen molar-refractivity contribution in [2.45, 2.75) is 19.4 Å². The largest absolute Gasteiger partial charge is 0.366 e. The zero-order chi connectivity index (χ0) is 17.0. The molecule has 3 N–H and O–H groups in total. The minimum absolute atomic E-state index is 0.0135. The normalized spacial score (nSPS) is 17.4. The van der Waals surface area contributed by atoms with Gasteiger partial charge in [-0.15, -0.1) is 0 Å². The van der Waals surface area contributed by atoms with Gasteiger partial charge in [0.2, 0.25) is 11.8 Å². The molecule has 0 bridgehead atoms. The molecule has 1 heterocycles. The summed E-state index contributed by atoms with van der Waals surface area (Å²) in [5.74, 6) is -0.465. The first kappa shape index (κ1) is 17.5. The van der Waals surface area contributed by atoms with Crippen LogP contribution in [-0.4, -0.2) is 48.0 Å². The number of aryl methyl sites for hydroxylation is 1. The fourth-order valence-corrected chi connectivity index (χ4v) is 2.80. The zero-order valence-electron chi connectivity index (χ0n) is 13.0. The van der Waals surface area contributed by atoms with E-state index in [2.05, 4.69) is 16.0 Å². The molecule has 1 atom stereocenters. The highest BCUT2D eigenvalue weighted by Gasteiger charge is 2.32. The van der Waals surface area contributed by atoms with Gasteiger partial charge in [0.15, 0.2) is 5.11 Å². The van der Waals surface area contributed by atoms with Crippen LogP contribution in [0.4, 0.5) is 5.69 Å². The number of nitrogens with one attached hydrogen (secondary N) is 3. The van der Waals surface area contributed by atoms with E-state index >= 15 is 0 Å². The number of amides is 2. The molecule has 0 unspecified atom stereocenters. The number of carbonyl (C=O) groups is 2. The first-order valence-corrected chi connectivity index (χ1v) is 8.03. The predicted molar refractivity (Wildman–Crippen MR) is 94.6 cm³/mol. The summed E-state index contributed by atoms with van der Waals surface area (Å²) in [5.41, 5.74) is 1.54. The van der Waals surface area contributed by atoms with Gasteiger partial charge in [-0.25, -0.2) is 0 Å². The van der Waals surface area contributed by atoms with Crippen LogP contribution in [0, 0.1) is 6.92 Å². The van der Waals surface area contributed by atoms with Gasteiger partial charge in [-0.2, -0.15) is 0 Å².